The minimum Gasteiger partial charge on any atom is -0.588 e. The zero-order valence-electron chi connectivity index (χ0n) is 16.8. The van der Waals surface area contributed by atoms with Crippen molar-refractivity contribution >= 4 is 28.7 Å². The van der Waals surface area contributed by atoms with Gasteiger partial charge in [0.25, 0.3) is 0 Å². The molecule has 2 aromatic carbocycles. The Labute approximate surface area is 166 Å². The Morgan fingerprint density at radius 1 is 0.923 bits per heavy atom. The lowest BCUT2D eigenvalue weighted by molar-refractivity contribution is 0.594. The molecule has 142 valence electrons. The first-order chi connectivity index (χ1) is 12.1. The predicted octanol–water partition coefficient (Wildman–Crippen LogP) is 7.15. The van der Waals surface area contributed by atoms with Crippen LogP contribution in [0.3, 0.4) is 0 Å². The van der Waals surface area contributed by atoms with Gasteiger partial charge in [-0.1, -0.05) is 71.3 Å². The fraction of sp³-hybridized carbons (Fsp3) is 0.455. The Hall–Kier alpha value is -1.16. The summed E-state index contributed by atoms with van der Waals surface area (Å²) in [6.45, 7) is 15.0. The van der Waals surface area contributed by atoms with Crippen molar-refractivity contribution in [3.8, 4) is 0 Å². The van der Waals surface area contributed by atoms with Crippen LogP contribution in [0.15, 0.2) is 35.2 Å². The first kappa shape index (κ1) is 21.1. The minimum absolute atomic E-state index is 0.299. The largest absolute Gasteiger partial charge is 0.588 e. The molecule has 0 aliphatic heterocycles. The molecule has 1 atom stereocenters. The average Bonchev–Trinajstić information content (AvgIpc) is 2.57. The average molecular weight is 392 g/mol. The van der Waals surface area contributed by atoms with Gasteiger partial charge >= 0.3 is 0 Å². The van der Waals surface area contributed by atoms with E-state index >= 15 is 0 Å². The van der Waals surface area contributed by atoms with Crippen LogP contribution in [-0.4, -0.2) is 4.55 Å². The van der Waals surface area contributed by atoms with Gasteiger partial charge in [0.05, 0.1) is 5.69 Å². The van der Waals surface area contributed by atoms with Crippen LogP contribution < -0.4 is 4.72 Å². The highest BCUT2D eigenvalue weighted by Gasteiger charge is 2.27. The molecule has 0 saturated carbocycles. The van der Waals surface area contributed by atoms with Gasteiger partial charge in [-0.3, -0.25) is 0 Å². The molecule has 2 nitrogen and oxygen atoms in total. The molecule has 0 aromatic heterocycles. The van der Waals surface area contributed by atoms with Gasteiger partial charge in [-0.2, -0.15) is 0 Å². The van der Waals surface area contributed by atoms with E-state index in [1.54, 1.807) is 0 Å². The van der Waals surface area contributed by atoms with Gasteiger partial charge in [0.15, 0.2) is 4.90 Å². The number of hydrogen-bond donors (Lipinski definition) is 1. The van der Waals surface area contributed by atoms with E-state index in [9.17, 15) is 4.55 Å². The first-order valence-corrected chi connectivity index (χ1v) is 10.8. The molecule has 1 unspecified atom stereocenters. The molecule has 4 heteroatoms. The summed E-state index contributed by atoms with van der Waals surface area (Å²) in [6, 6.07) is 10.1. The molecule has 0 amide bonds. The second kappa shape index (κ2) is 8.69. The fourth-order valence-corrected chi connectivity index (χ4v) is 4.69. The molecule has 0 saturated heterocycles. The Morgan fingerprint density at radius 3 is 1.92 bits per heavy atom. The molecule has 0 radical (unpaired) electrons. The number of rotatable bonds is 6. The highest BCUT2D eigenvalue weighted by molar-refractivity contribution is 7.92. The van der Waals surface area contributed by atoms with E-state index in [1.165, 1.54) is 5.56 Å². The zero-order valence-corrected chi connectivity index (χ0v) is 18.4. The van der Waals surface area contributed by atoms with Crippen LogP contribution in [0.4, 0.5) is 5.69 Å². The summed E-state index contributed by atoms with van der Waals surface area (Å²) < 4.78 is 16.6. The highest BCUT2D eigenvalue weighted by Crippen LogP contribution is 2.36. The van der Waals surface area contributed by atoms with E-state index in [1.807, 2.05) is 25.1 Å². The SMILES string of the molecule is Cc1c(Cl)cccc1N[S+]([O-])c1c(C(C)C)cc(C(C)C)cc1C(C)C. The van der Waals surface area contributed by atoms with Crippen molar-refractivity contribution in [2.75, 3.05) is 4.72 Å². The quantitative estimate of drug-likeness (QED) is 0.530. The predicted molar refractivity (Wildman–Crippen MR) is 115 cm³/mol. The van der Waals surface area contributed by atoms with Gasteiger partial charge in [-0.15, -0.1) is 0 Å². The molecular formula is C22H30ClNOS. The van der Waals surface area contributed by atoms with Crippen LogP contribution in [-0.2, 0) is 11.4 Å². The molecule has 0 spiro atoms. The Morgan fingerprint density at radius 2 is 1.46 bits per heavy atom. The zero-order chi connectivity index (χ0) is 19.6. The number of hydrogen-bond acceptors (Lipinski definition) is 2. The molecule has 0 aliphatic carbocycles. The third kappa shape index (κ3) is 4.57. The van der Waals surface area contributed by atoms with Gasteiger partial charge in [-0.25, -0.2) is 4.72 Å². The number of anilines is 1. The molecule has 26 heavy (non-hydrogen) atoms. The fourth-order valence-electron chi connectivity index (χ4n) is 2.97. The van der Waals surface area contributed by atoms with Crippen molar-refractivity contribution in [2.24, 2.45) is 0 Å². The molecule has 0 bridgehead atoms. The van der Waals surface area contributed by atoms with Crippen LogP contribution >= 0.6 is 11.6 Å². The second-order valence-corrected chi connectivity index (χ2v) is 9.33. The summed E-state index contributed by atoms with van der Waals surface area (Å²) in [5.74, 6) is 1.04. The summed E-state index contributed by atoms with van der Waals surface area (Å²) >= 11 is 4.88. The van der Waals surface area contributed by atoms with Gasteiger partial charge in [-0.05, 0) is 47.9 Å². The van der Waals surface area contributed by atoms with Crippen LogP contribution in [0.2, 0.25) is 5.02 Å². The molecule has 0 fully saturated rings. The van der Waals surface area contributed by atoms with Crippen LogP contribution in [0, 0.1) is 6.92 Å². The maximum absolute atomic E-state index is 13.4. The van der Waals surface area contributed by atoms with Gasteiger partial charge in [0.1, 0.15) is 11.4 Å². The van der Waals surface area contributed by atoms with E-state index in [2.05, 4.69) is 58.4 Å². The van der Waals surface area contributed by atoms with Crippen LogP contribution in [0.1, 0.15) is 81.5 Å². The minimum atomic E-state index is -1.35. The lowest BCUT2D eigenvalue weighted by atomic mass is 9.89. The standard InChI is InChI=1S/C22H30ClNOS/c1-13(2)17-11-18(14(3)4)22(19(12-17)15(5)6)26(25)24-21-10-8-9-20(23)16(21)7/h8-15,24H,1-7H3. The molecular weight excluding hydrogens is 362 g/mol. The Kier molecular flexibility index (Phi) is 7.06. The summed E-state index contributed by atoms with van der Waals surface area (Å²) in [5.41, 5.74) is 5.35. The molecule has 2 rings (SSSR count). The van der Waals surface area contributed by atoms with Gasteiger partial charge < -0.3 is 4.55 Å². The molecule has 0 heterocycles. The Bertz CT molecular complexity index is 742. The van der Waals surface area contributed by atoms with Crippen molar-refractivity contribution in [1.29, 1.82) is 0 Å². The van der Waals surface area contributed by atoms with Crippen LogP contribution in [0.5, 0.6) is 0 Å². The Balaban J connectivity index is 2.56. The smallest absolute Gasteiger partial charge is 0.186 e. The summed E-state index contributed by atoms with van der Waals surface area (Å²) in [7, 11) is 0. The monoisotopic (exact) mass is 391 g/mol. The van der Waals surface area contributed by atoms with E-state index in [0.29, 0.717) is 22.8 Å². The third-order valence-corrected chi connectivity index (χ3v) is 6.39. The first-order valence-electron chi connectivity index (χ1n) is 9.24. The van der Waals surface area contributed by atoms with E-state index in [-0.39, 0.29) is 0 Å². The van der Waals surface area contributed by atoms with Gasteiger partial charge in [0.2, 0.25) is 0 Å². The second-order valence-electron chi connectivity index (χ2n) is 7.78. The highest BCUT2D eigenvalue weighted by atomic mass is 35.5. The number of nitrogens with one attached hydrogen (secondary N) is 1. The maximum atomic E-state index is 13.4. The van der Waals surface area contributed by atoms with Crippen molar-refractivity contribution < 1.29 is 4.55 Å². The van der Waals surface area contributed by atoms with Crippen molar-refractivity contribution in [1.82, 2.24) is 0 Å². The van der Waals surface area contributed by atoms with E-state index in [4.69, 9.17) is 11.6 Å². The normalized spacial score (nSPS) is 12.9. The molecule has 2 aromatic rings. The molecule has 1 N–H and O–H groups in total. The van der Waals surface area contributed by atoms with Crippen molar-refractivity contribution in [3.05, 3.63) is 57.6 Å². The van der Waals surface area contributed by atoms with Gasteiger partial charge in [0, 0.05) is 16.1 Å². The van der Waals surface area contributed by atoms with Crippen LogP contribution in [0.25, 0.3) is 0 Å². The lowest BCUT2D eigenvalue weighted by Crippen LogP contribution is -2.19. The summed E-state index contributed by atoms with van der Waals surface area (Å²) in [4.78, 5) is 0.916. The molecule has 0 aliphatic rings. The number of benzene rings is 2. The summed E-state index contributed by atoms with van der Waals surface area (Å²) in [5, 5.41) is 0.676. The topological polar surface area (TPSA) is 35.1 Å². The summed E-state index contributed by atoms with van der Waals surface area (Å²) in [6.07, 6.45) is 0. The van der Waals surface area contributed by atoms with Crippen molar-refractivity contribution in [2.45, 2.75) is 71.1 Å². The maximum Gasteiger partial charge on any atom is 0.186 e. The number of halogens is 1. The van der Waals surface area contributed by atoms with Crippen molar-refractivity contribution in [3.63, 3.8) is 0 Å². The lowest BCUT2D eigenvalue weighted by Gasteiger charge is -2.24. The van der Waals surface area contributed by atoms with E-state index < -0.39 is 11.4 Å². The third-order valence-electron chi connectivity index (χ3n) is 4.74. The van der Waals surface area contributed by atoms with E-state index in [0.717, 1.165) is 27.3 Å².